The second kappa shape index (κ2) is 12.4. The predicted octanol–water partition coefficient (Wildman–Crippen LogP) is 4.96. The summed E-state index contributed by atoms with van der Waals surface area (Å²) < 4.78 is 53.8. The van der Waals surface area contributed by atoms with Gasteiger partial charge in [0.25, 0.3) is 5.88 Å². The number of benzene rings is 2. The summed E-state index contributed by atoms with van der Waals surface area (Å²) in [6.45, 7) is 3.66. The molecule has 0 radical (unpaired) electrons. The molecule has 4 fully saturated rings. The molecule has 14 nitrogen and oxygen atoms in total. The van der Waals surface area contributed by atoms with Crippen molar-refractivity contribution >= 4 is 11.6 Å². The van der Waals surface area contributed by atoms with Gasteiger partial charge in [0.05, 0.1) is 49.6 Å². The van der Waals surface area contributed by atoms with Gasteiger partial charge in [-0.1, -0.05) is 60.7 Å². The van der Waals surface area contributed by atoms with E-state index < -0.39 is 22.8 Å². The number of methoxy groups -OCH3 is 2. The molecule has 4 saturated heterocycles. The number of hydrogen-bond acceptors (Lipinski definition) is 13. The Kier molecular flexibility index (Phi) is 7.41. The Bertz CT molecular complexity index is 2420. The molecule has 2 aromatic carbocycles. The molecule has 0 amide bonds. The van der Waals surface area contributed by atoms with Gasteiger partial charge in [0, 0.05) is 38.0 Å². The maximum absolute atomic E-state index is 15.3. The van der Waals surface area contributed by atoms with E-state index in [1.54, 1.807) is 19.0 Å². The van der Waals surface area contributed by atoms with E-state index in [9.17, 15) is 0 Å². The van der Waals surface area contributed by atoms with Gasteiger partial charge in [-0.2, -0.15) is 0 Å². The molecule has 6 aliphatic heterocycles. The number of ketones is 2. The van der Waals surface area contributed by atoms with Crippen molar-refractivity contribution in [1.29, 1.82) is 0 Å². The SMILES string of the molecule is COC1=C[C@]2([n+]3oc4c(c3OCc3ccccc3)C(=O)[C@@]35O[C@@H](C=C3OC)CC5[C@@H]4N3CCC3)CC3[C@H](N4CCC4)c4onc(OCc5ccccc5)c4C(=O)[C@]13O2. The molecule has 8 atom stereocenters. The van der Waals surface area contributed by atoms with Crippen LogP contribution in [-0.2, 0) is 37.9 Å². The van der Waals surface area contributed by atoms with Gasteiger partial charge >= 0.3 is 11.6 Å². The van der Waals surface area contributed by atoms with Crippen LogP contribution >= 0.6 is 0 Å². The minimum Gasteiger partial charge on any atom is -0.498 e. The van der Waals surface area contributed by atoms with E-state index >= 15 is 9.59 Å². The normalized spacial score (nSPS) is 34.0. The Hall–Kier alpha value is -5.28. The number of hydrogen-bond donors (Lipinski definition) is 0. The maximum atomic E-state index is 15.3. The molecular weight excluding hydrogens is 745 g/mol. The zero-order chi connectivity index (χ0) is 39.0. The first-order chi connectivity index (χ1) is 28.4. The van der Waals surface area contributed by atoms with Crippen LogP contribution in [0.15, 0.2) is 93.4 Å². The van der Waals surface area contributed by atoms with Gasteiger partial charge in [0.1, 0.15) is 30.3 Å². The minimum atomic E-state index is -1.57. The summed E-state index contributed by atoms with van der Waals surface area (Å²) in [6, 6.07) is 18.8. The lowest BCUT2D eigenvalue weighted by Crippen LogP contribution is -2.56. The Morgan fingerprint density at radius 3 is 2.05 bits per heavy atom. The topological polar surface area (TPSA) is 139 Å². The third-order valence-electron chi connectivity index (χ3n) is 13.9. The van der Waals surface area contributed by atoms with E-state index in [2.05, 4.69) is 15.0 Å². The molecule has 0 N–H and O–H groups in total. The number of fused-ring (bicyclic) bond motifs is 4. The van der Waals surface area contributed by atoms with Crippen molar-refractivity contribution in [3.05, 3.63) is 118 Å². The number of rotatable bonds is 11. The molecule has 298 valence electrons. The van der Waals surface area contributed by atoms with Crippen molar-refractivity contribution in [2.45, 2.75) is 74.0 Å². The lowest BCUT2D eigenvalue weighted by atomic mass is 9.66. The summed E-state index contributed by atoms with van der Waals surface area (Å²) in [6.07, 6.45) is 6.50. The van der Waals surface area contributed by atoms with Crippen LogP contribution in [-0.4, -0.2) is 84.2 Å². The molecule has 14 heteroatoms. The molecule has 8 aliphatic rings. The average molecular weight is 788 g/mol. The molecule has 8 heterocycles. The standard InChI is InChI=1S/C44H43N4O10/c1-51-30-20-27-19-28-34(46-15-9-16-46)37-33(39(50)43(28,30)55-27)41(54-24-26-13-7-4-8-14-26)48(57-37)42-21-29-35(47-17-10-18-47)36-32(38(49)44(29,58-42)31(22-42)52-2)40(45-56-36)53-23-25-11-5-3-6-12-25/h3-8,11-14,20,22,27-29,34-35H,9-10,15-19,21,23-24H2,1-2H3/q+1/t27-,28?,29?,34+,35+,42+,43+,44-/m1/s1. The van der Waals surface area contributed by atoms with E-state index in [0.29, 0.717) is 41.4 Å². The van der Waals surface area contributed by atoms with Crippen molar-refractivity contribution in [2.24, 2.45) is 11.8 Å². The Morgan fingerprint density at radius 2 is 1.41 bits per heavy atom. The number of ether oxygens (including phenoxy) is 6. The van der Waals surface area contributed by atoms with Gasteiger partial charge in [0.15, 0.2) is 16.9 Å². The number of nitrogens with zero attached hydrogens (tertiary/aromatic N) is 4. The first-order valence-corrected chi connectivity index (χ1v) is 20.3. The summed E-state index contributed by atoms with van der Waals surface area (Å²) in [7, 11) is 3.15. The highest BCUT2D eigenvalue weighted by molar-refractivity contribution is 6.10. The van der Waals surface area contributed by atoms with Crippen molar-refractivity contribution in [1.82, 2.24) is 15.0 Å². The predicted molar refractivity (Wildman–Crippen MR) is 199 cm³/mol. The average Bonchev–Trinajstić information content (AvgIpc) is 4.06. The quantitative estimate of drug-likeness (QED) is 0.190. The fourth-order valence-corrected chi connectivity index (χ4v) is 11.1. The monoisotopic (exact) mass is 787 g/mol. The third kappa shape index (κ3) is 4.40. The largest absolute Gasteiger partial charge is 0.498 e. The van der Waals surface area contributed by atoms with Crippen LogP contribution in [0.2, 0.25) is 0 Å². The smallest absolute Gasteiger partial charge is 0.430 e. The van der Waals surface area contributed by atoms with Gasteiger partial charge in [-0.25, -0.2) is 4.52 Å². The van der Waals surface area contributed by atoms with Gasteiger partial charge in [-0.05, 0) is 41.6 Å². The van der Waals surface area contributed by atoms with Crippen molar-refractivity contribution in [2.75, 3.05) is 40.4 Å². The molecule has 0 saturated carbocycles. The molecule has 2 spiro atoms. The highest BCUT2D eigenvalue weighted by Crippen LogP contribution is 2.65. The van der Waals surface area contributed by atoms with Crippen LogP contribution < -0.4 is 14.2 Å². The summed E-state index contributed by atoms with van der Waals surface area (Å²) in [5, 5.41) is 4.33. The van der Waals surface area contributed by atoms with Crippen LogP contribution in [0.25, 0.3) is 0 Å². The fraction of sp³-hybridized carbons (Fsp3) is 0.455. The number of aromatic nitrogens is 2. The first kappa shape index (κ1) is 34.7. The van der Waals surface area contributed by atoms with Gasteiger partial charge < -0.3 is 28.2 Å². The Balaban J connectivity index is 1.02. The zero-order valence-electron chi connectivity index (χ0n) is 32.3. The second-order valence-electron chi connectivity index (χ2n) is 16.7. The number of carbonyl (C=O) groups excluding carboxylic acids is 2. The maximum Gasteiger partial charge on any atom is 0.430 e. The van der Waals surface area contributed by atoms with E-state index in [4.69, 9.17) is 37.5 Å². The highest BCUT2D eigenvalue weighted by Gasteiger charge is 2.80. The van der Waals surface area contributed by atoms with Crippen molar-refractivity contribution in [3.63, 3.8) is 0 Å². The molecule has 4 aromatic rings. The molecule has 58 heavy (non-hydrogen) atoms. The van der Waals surface area contributed by atoms with Gasteiger partial charge in [0.2, 0.25) is 22.9 Å². The van der Waals surface area contributed by atoms with Crippen LogP contribution in [0.1, 0.15) is 81.1 Å². The Labute approximate surface area is 333 Å². The lowest BCUT2D eigenvalue weighted by molar-refractivity contribution is -0.933. The zero-order valence-corrected chi connectivity index (χ0v) is 32.3. The minimum absolute atomic E-state index is 0.115. The molecular formula is C44H43N4O10+. The van der Waals surface area contributed by atoms with E-state index in [0.717, 1.165) is 50.1 Å². The molecule has 4 bridgehead atoms. The van der Waals surface area contributed by atoms with Crippen molar-refractivity contribution in [3.8, 4) is 11.8 Å². The summed E-state index contributed by atoms with van der Waals surface area (Å²) in [5.74, 6) is 0.835. The van der Waals surface area contributed by atoms with Crippen molar-refractivity contribution < 1.29 is 51.8 Å². The summed E-state index contributed by atoms with van der Waals surface area (Å²) in [4.78, 5) is 35.3. The summed E-state index contributed by atoms with van der Waals surface area (Å²) in [5.41, 5.74) is -1.93. The fourth-order valence-electron chi connectivity index (χ4n) is 11.1. The Morgan fingerprint density at radius 1 is 0.776 bits per heavy atom. The van der Waals surface area contributed by atoms with E-state index in [1.807, 2.05) is 72.8 Å². The van der Waals surface area contributed by atoms with E-state index in [-0.39, 0.29) is 66.2 Å². The van der Waals surface area contributed by atoms with Crippen LogP contribution in [0.3, 0.4) is 0 Å². The number of Topliss-reactive ketones (excluding diaryl/α,β-unsaturated/α-hetero) is 2. The number of likely N-dealkylation sites (tertiary alicyclic amines) is 2. The molecule has 12 rings (SSSR count). The molecule has 2 aromatic heterocycles. The highest BCUT2D eigenvalue weighted by atomic mass is 16.6. The van der Waals surface area contributed by atoms with Crippen LogP contribution in [0, 0.1) is 11.8 Å². The van der Waals surface area contributed by atoms with Crippen LogP contribution in [0.5, 0.6) is 11.8 Å². The third-order valence-corrected chi connectivity index (χ3v) is 13.9. The molecule has 2 unspecified atom stereocenters. The van der Waals surface area contributed by atoms with E-state index in [1.165, 1.54) is 0 Å². The second-order valence-corrected chi connectivity index (χ2v) is 16.7. The summed E-state index contributed by atoms with van der Waals surface area (Å²) >= 11 is 0. The van der Waals surface area contributed by atoms with Crippen LogP contribution in [0.4, 0.5) is 0 Å². The lowest BCUT2D eigenvalue weighted by Gasteiger charge is -2.46. The van der Waals surface area contributed by atoms with Gasteiger partial charge in [-0.3, -0.25) is 24.1 Å². The molecule has 2 aliphatic carbocycles. The first-order valence-electron chi connectivity index (χ1n) is 20.3. The van der Waals surface area contributed by atoms with Gasteiger partial charge in [-0.15, -0.1) is 0 Å². The number of carbonyl (C=O) groups is 2.